The third-order valence-corrected chi connectivity index (χ3v) is 4.95. The van der Waals surface area contributed by atoms with Crippen molar-refractivity contribution in [3.63, 3.8) is 0 Å². The van der Waals surface area contributed by atoms with Crippen molar-refractivity contribution < 1.29 is 4.79 Å². The lowest BCUT2D eigenvalue weighted by molar-refractivity contribution is -0.118. The number of hydrogen-bond acceptors (Lipinski definition) is 3. The quantitative estimate of drug-likeness (QED) is 0.770. The molecule has 1 fully saturated rings. The van der Waals surface area contributed by atoms with Crippen LogP contribution in [-0.4, -0.2) is 36.5 Å². The number of rotatable bonds is 5. The van der Waals surface area contributed by atoms with Crippen LogP contribution >= 0.6 is 31.9 Å². The Morgan fingerprint density at radius 1 is 1.38 bits per heavy atom. The molecule has 0 saturated carbocycles. The number of halogens is 2. The van der Waals surface area contributed by atoms with Crippen molar-refractivity contribution in [3.8, 4) is 0 Å². The number of piperidine rings is 1. The minimum atomic E-state index is 0.0296. The van der Waals surface area contributed by atoms with Crippen LogP contribution < -0.4 is 11.1 Å². The highest BCUT2D eigenvalue weighted by Gasteiger charge is 2.23. The minimum Gasteiger partial charge on any atom is -0.330 e. The summed E-state index contributed by atoms with van der Waals surface area (Å²) in [4.78, 5) is 14.5. The molecular formula is C15H21Br2N3O. The van der Waals surface area contributed by atoms with E-state index in [1.165, 1.54) is 6.42 Å². The zero-order valence-electron chi connectivity index (χ0n) is 11.9. The van der Waals surface area contributed by atoms with Gasteiger partial charge >= 0.3 is 0 Å². The Balaban J connectivity index is 1.93. The first-order valence-electron chi connectivity index (χ1n) is 7.29. The van der Waals surface area contributed by atoms with E-state index in [1.807, 2.05) is 18.2 Å². The molecular weight excluding hydrogens is 398 g/mol. The first-order chi connectivity index (χ1) is 10.1. The number of benzene rings is 1. The average molecular weight is 419 g/mol. The lowest BCUT2D eigenvalue weighted by Gasteiger charge is -2.35. The molecule has 2 rings (SSSR count). The highest BCUT2D eigenvalue weighted by atomic mass is 79.9. The first kappa shape index (κ1) is 16.9. The molecule has 1 aliphatic rings. The molecule has 0 aliphatic carbocycles. The maximum Gasteiger partial charge on any atom is 0.238 e. The number of carbonyl (C=O) groups is 1. The van der Waals surface area contributed by atoms with Gasteiger partial charge in [0.25, 0.3) is 0 Å². The number of nitrogens with one attached hydrogen (secondary N) is 1. The predicted molar refractivity (Wildman–Crippen MR) is 93.4 cm³/mol. The van der Waals surface area contributed by atoms with Crippen LogP contribution in [-0.2, 0) is 4.79 Å². The smallest absolute Gasteiger partial charge is 0.238 e. The van der Waals surface area contributed by atoms with Crippen LogP contribution in [0.15, 0.2) is 27.1 Å². The standard InChI is InChI=1S/C15H21Br2N3O/c16-11-4-5-14(13(17)9-11)19-15(21)10-20-8-2-1-3-12(20)6-7-18/h4-5,9,12H,1-3,6-8,10,18H2,(H,19,21). The topological polar surface area (TPSA) is 58.4 Å². The van der Waals surface area contributed by atoms with Crippen LogP contribution in [0.1, 0.15) is 25.7 Å². The molecule has 1 atom stereocenters. The second-order valence-corrected chi connectivity index (χ2v) is 7.14. The summed E-state index contributed by atoms with van der Waals surface area (Å²) in [5, 5.41) is 2.97. The molecule has 1 saturated heterocycles. The van der Waals surface area contributed by atoms with E-state index in [0.717, 1.165) is 40.4 Å². The molecule has 21 heavy (non-hydrogen) atoms. The van der Waals surface area contributed by atoms with Gasteiger partial charge in [-0.3, -0.25) is 9.69 Å². The van der Waals surface area contributed by atoms with Crippen molar-refractivity contribution in [2.45, 2.75) is 31.7 Å². The maximum absolute atomic E-state index is 12.3. The molecule has 1 heterocycles. The number of hydrogen-bond donors (Lipinski definition) is 2. The third-order valence-electron chi connectivity index (χ3n) is 3.80. The van der Waals surface area contributed by atoms with Crippen LogP contribution in [0.25, 0.3) is 0 Å². The zero-order chi connectivity index (χ0) is 15.2. The second-order valence-electron chi connectivity index (χ2n) is 5.37. The first-order valence-corrected chi connectivity index (χ1v) is 8.88. The summed E-state index contributed by atoms with van der Waals surface area (Å²) >= 11 is 6.87. The summed E-state index contributed by atoms with van der Waals surface area (Å²) in [6.07, 6.45) is 4.51. The van der Waals surface area contributed by atoms with Gasteiger partial charge in [-0.1, -0.05) is 22.4 Å². The SMILES string of the molecule is NCCC1CCCCN1CC(=O)Nc1ccc(Br)cc1Br. The Kier molecular flexibility index (Phi) is 6.67. The molecule has 0 spiro atoms. The number of nitrogens with zero attached hydrogens (tertiary/aromatic N) is 1. The van der Waals surface area contributed by atoms with Crippen LogP contribution in [0.4, 0.5) is 5.69 Å². The molecule has 4 nitrogen and oxygen atoms in total. The summed E-state index contributed by atoms with van der Waals surface area (Å²) in [5.74, 6) is 0.0296. The van der Waals surface area contributed by atoms with Gasteiger partial charge in [0.15, 0.2) is 0 Å². The Morgan fingerprint density at radius 2 is 2.19 bits per heavy atom. The van der Waals surface area contributed by atoms with E-state index in [4.69, 9.17) is 5.73 Å². The van der Waals surface area contributed by atoms with Crippen LogP contribution in [0.2, 0.25) is 0 Å². The van der Waals surface area contributed by atoms with E-state index in [0.29, 0.717) is 19.1 Å². The zero-order valence-corrected chi connectivity index (χ0v) is 15.1. The van der Waals surface area contributed by atoms with Gasteiger partial charge in [0, 0.05) is 15.0 Å². The van der Waals surface area contributed by atoms with E-state index < -0.39 is 0 Å². The average Bonchev–Trinajstić information content (AvgIpc) is 2.44. The number of amides is 1. The van der Waals surface area contributed by atoms with Gasteiger partial charge in [-0.15, -0.1) is 0 Å². The van der Waals surface area contributed by atoms with Gasteiger partial charge in [0.2, 0.25) is 5.91 Å². The molecule has 116 valence electrons. The van der Waals surface area contributed by atoms with Gasteiger partial charge in [-0.05, 0) is 66.5 Å². The van der Waals surface area contributed by atoms with Gasteiger partial charge in [-0.25, -0.2) is 0 Å². The molecule has 0 bridgehead atoms. The maximum atomic E-state index is 12.3. The summed E-state index contributed by atoms with van der Waals surface area (Å²) in [7, 11) is 0. The molecule has 3 N–H and O–H groups in total. The highest BCUT2D eigenvalue weighted by Crippen LogP contribution is 2.26. The number of carbonyl (C=O) groups excluding carboxylic acids is 1. The number of anilines is 1. The molecule has 0 aromatic heterocycles. The molecule has 6 heteroatoms. The van der Waals surface area contributed by atoms with E-state index >= 15 is 0 Å². The highest BCUT2D eigenvalue weighted by molar-refractivity contribution is 9.11. The summed E-state index contributed by atoms with van der Waals surface area (Å²) < 4.78 is 1.86. The monoisotopic (exact) mass is 417 g/mol. The Labute approximate surface area is 142 Å². The van der Waals surface area contributed by atoms with E-state index in [9.17, 15) is 4.79 Å². The van der Waals surface area contributed by atoms with Gasteiger partial charge < -0.3 is 11.1 Å². The summed E-state index contributed by atoms with van der Waals surface area (Å²) in [6, 6.07) is 6.18. The van der Waals surface area contributed by atoms with Crippen molar-refractivity contribution in [2.75, 3.05) is 25.0 Å². The predicted octanol–water partition coefficient (Wildman–Crippen LogP) is 3.35. The Bertz CT molecular complexity index is 494. The normalized spacial score (nSPS) is 19.5. The fraction of sp³-hybridized carbons (Fsp3) is 0.533. The van der Waals surface area contributed by atoms with Crippen molar-refractivity contribution in [3.05, 3.63) is 27.1 Å². The fourth-order valence-corrected chi connectivity index (χ4v) is 3.90. The Hall–Kier alpha value is -0.430. The summed E-state index contributed by atoms with van der Waals surface area (Å²) in [6.45, 7) is 2.10. The number of nitrogens with two attached hydrogens (primary N) is 1. The molecule has 1 aromatic rings. The molecule has 1 aromatic carbocycles. The summed E-state index contributed by atoms with van der Waals surface area (Å²) in [5.41, 5.74) is 6.47. The van der Waals surface area contributed by atoms with E-state index in [1.54, 1.807) is 0 Å². The van der Waals surface area contributed by atoms with Gasteiger partial charge in [-0.2, -0.15) is 0 Å². The molecule has 1 unspecified atom stereocenters. The van der Waals surface area contributed by atoms with Crippen molar-refractivity contribution in [2.24, 2.45) is 5.73 Å². The lowest BCUT2D eigenvalue weighted by Crippen LogP contribution is -2.44. The van der Waals surface area contributed by atoms with Crippen molar-refractivity contribution in [1.29, 1.82) is 0 Å². The second kappa shape index (κ2) is 8.27. The van der Waals surface area contributed by atoms with Gasteiger partial charge in [0.05, 0.1) is 12.2 Å². The van der Waals surface area contributed by atoms with Crippen molar-refractivity contribution >= 4 is 43.5 Å². The Morgan fingerprint density at radius 3 is 2.90 bits per heavy atom. The van der Waals surface area contributed by atoms with Crippen LogP contribution in [0, 0.1) is 0 Å². The fourth-order valence-electron chi connectivity index (χ4n) is 2.75. The van der Waals surface area contributed by atoms with Gasteiger partial charge in [0.1, 0.15) is 0 Å². The minimum absolute atomic E-state index is 0.0296. The third kappa shape index (κ3) is 5.06. The van der Waals surface area contributed by atoms with E-state index in [-0.39, 0.29) is 5.91 Å². The lowest BCUT2D eigenvalue weighted by atomic mass is 9.99. The largest absolute Gasteiger partial charge is 0.330 e. The van der Waals surface area contributed by atoms with Crippen molar-refractivity contribution in [1.82, 2.24) is 4.90 Å². The van der Waals surface area contributed by atoms with Crippen LogP contribution in [0.5, 0.6) is 0 Å². The van der Waals surface area contributed by atoms with Crippen LogP contribution in [0.3, 0.4) is 0 Å². The number of likely N-dealkylation sites (tertiary alicyclic amines) is 1. The molecule has 1 aliphatic heterocycles. The molecule has 0 radical (unpaired) electrons. The van der Waals surface area contributed by atoms with E-state index in [2.05, 4.69) is 42.1 Å². The molecule has 1 amide bonds.